The van der Waals surface area contributed by atoms with E-state index < -0.39 is 0 Å². The Kier molecular flexibility index (Phi) is 2.67. The summed E-state index contributed by atoms with van der Waals surface area (Å²) in [6.07, 6.45) is 1.83. The van der Waals surface area contributed by atoms with E-state index in [9.17, 15) is 0 Å². The maximum absolute atomic E-state index is 8.63. The Morgan fingerprint density at radius 3 is 2.80 bits per heavy atom. The van der Waals surface area contributed by atoms with Gasteiger partial charge in [-0.05, 0) is 25.9 Å². The Hall–Kier alpha value is -0.590. The van der Waals surface area contributed by atoms with E-state index in [0.717, 1.165) is 25.9 Å². The maximum atomic E-state index is 8.63. The van der Waals surface area contributed by atoms with Gasteiger partial charge in [0.25, 0.3) is 0 Å². The smallest absolute Gasteiger partial charge is 0.0672 e. The highest BCUT2D eigenvalue weighted by Crippen LogP contribution is 2.10. The van der Waals surface area contributed by atoms with Crippen molar-refractivity contribution in [2.45, 2.75) is 18.9 Å². The van der Waals surface area contributed by atoms with Crippen molar-refractivity contribution in [3.63, 3.8) is 0 Å². The third-order valence-corrected chi connectivity index (χ3v) is 1.97. The van der Waals surface area contributed by atoms with Gasteiger partial charge >= 0.3 is 0 Å². The lowest BCUT2D eigenvalue weighted by Gasteiger charge is -2.11. The van der Waals surface area contributed by atoms with Crippen LogP contribution in [0.15, 0.2) is 0 Å². The lowest BCUT2D eigenvalue weighted by Crippen LogP contribution is -2.28. The zero-order valence-corrected chi connectivity index (χ0v) is 6.01. The van der Waals surface area contributed by atoms with E-state index in [4.69, 9.17) is 11.0 Å². The van der Waals surface area contributed by atoms with Crippen molar-refractivity contribution in [1.29, 1.82) is 5.26 Å². The summed E-state index contributed by atoms with van der Waals surface area (Å²) in [5, 5.41) is 11.8. The average Bonchev–Trinajstić information content (AvgIpc) is 2.13. The molecule has 3 N–H and O–H groups in total. The molecule has 0 spiro atoms. The van der Waals surface area contributed by atoms with Gasteiger partial charge in [0.15, 0.2) is 0 Å². The van der Waals surface area contributed by atoms with Crippen LogP contribution < -0.4 is 11.1 Å². The van der Waals surface area contributed by atoms with Crippen LogP contribution in [0.3, 0.4) is 0 Å². The quantitative estimate of drug-likeness (QED) is 0.490. The molecule has 1 fully saturated rings. The highest BCUT2D eigenvalue weighted by atomic mass is 14.9. The molecule has 1 rings (SSSR count). The third kappa shape index (κ3) is 1.69. The number of rotatable bonds is 0. The molecular formula is C7H13N3. The van der Waals surface area contributed by atoms with Gasteiger partial charge in [-0.1, -0.05) is 0 Å². The van der Waals surface area contributed by atoms with Crippen molar-refractivity contribution in [3.05, 3.63) is 0 Å². The fraction of sp³-hybridized carbons (Fsp3) is 0.857. The van der Waals surface area contributed by atoms with Gasteiger partial charge in [0.05, 0.1) is 12.0 Å². The average molecular weight is 139 g/mol. The van der Waals surface area contributed by atoms with Crippen molar-refractivity contribution >= 4 is 0 Å². The van der Waals surface area contributed by atoms with E-state index >= 15 is 0 Å². The lowest BCUT2D eigenvalue weighted by molar-refractivity contribution is 0.499. The van der Waals surface area contributed by atoms with Crippen LogP contribution in [-0.2, 0) is 0 Å². The SMILES string of the molecule is N#C[C@H]1CCNCC[C@@H]1N. The van der Waals surface area contributed by atoms with E-state index in [0.29, 0.717) is 0 Å². The highest BCUT2D eigenvalue weighted by molar-refractivity contribution is 4.92. The Labute approximate surface area is 61.2 Å². The summed E-state index contributed by atoms with van der Waals surface area (Å²) in [7, 11) is 0. The van der Waals surface area contributed by atoms with Crippen molar-refractivity contribution in [2.75, 3.05) is 13.1 Å². The zero-order valence-electron chi connectivity index (χ0n) is 6.01. The molecular weight excluding hydrogens is 126 g/mol. The fourth-order valence-electron chi connectivity index (χ4n) is 1.23. The normalized spacial score (nSPS) is 34.4. The zero-order chi connectivity index (χ0) is 7.40. The molecule has 1 heterocycles. The predicted octanol–water partition coefficient (Wildman–Crippen LogP) is -0.163. The molecule has 0 radical (unpaired) electrons. The molecule has 56 valence electrons. The number of nitrogens with one attached hydrogen (secondary N) is 1. The standard InChI is InChI=1S/C7H13N3/c8-5-6-1-3-10-4-2-7(6)9/h6-7,10H,1-4,9H2/t6-,7+/m1/s1. The third-order valence-electron chi connectivity index (χ3n) is 1.97. The van der Waals surface area contributed by atoms with Gasteiger partial charge in [-0.3, -0.25) is 0 Å². The molecule has 0 aromatic carbocycles. The Morgan fingerprint density at radius 1 is 1.40 bits per heavy atom. The summed E-state index contributed by atoms with van der Waals surface area (Å²) in [4.78, 5) is 0. The van der Waals surface area contributed by atoms with Crippen molar-refractivity contribution in [2.24, 2.45) is 11.7 Å². The number of nitriles is 1. The minimum absolute atomic E-state index is 0.0648. The second-order valence-electron chi connectivity index (χ2n) is 2.73. The molecule has 0 aliphatic carbocycles. The van der Waals surface area contributed by atoms with Gasteiger partial charge in [0.2, 0.25) is 0 Å². The largest absolute Gasteiger partial charge is 0.326 e. The van der Waals surface area contributed by atoms with Crippen LogP contribution >= 0.6 is 0 Å². The van der Waals surface area contributed by atoms with Crippen molar-refractivity contribution in [3.8, 4) is 6.07 Å². The fourth-order valence-corrected chi connectivity index (χ4v) is 1.23. The highest BCUT2D eigenvalue weighted by Gasteiger charge is 2.18. The molecule has 0 amide bonds. The van der Waals surface area contributed by atoms with Crippen LogP contribution in [0.25, 0.3) is 0 Å². The first-order valence-corrected chi connectivity index (χ1v) is 3.70. The monoisotopic (exact) mass is 139 g/mol. The molecule has 1 saturated heterocycles. The summed E-state index contributed by atoms with van der Waals surface area (Å²) < 4.78 is 0. The number of hydrogen-bond donors (Lipinski definition) is 2. The van der Waals surface area contributed by atoms with Crippen molar-refractivity contribution in [1.82, 2.24) is 5.32 Å². The lowest BCUT2D eigenvalue weighted by atomic mass is 9.98. The number of nitrogens with zero attached hydrogens (tertiary/aromatic N) is 1. The Morgan fingerprint density at radius 2 is 2.10 bits per heavy atom. The van der Waals surface area contributed by atoms with Crippen LogP contribution in [-0.4, -0.2) is 19.1 Å². The molecule has 0 bridgehead atoms. The number of hydrogen-bond acceptors (Lipinski definition) is 3. The van der Waals surface area contributed by atoms with Gasteiger partial charge in [0, 0.05) is 6.04 Å². The second kappa shape index (κ2) is 3.55. The van der Waals surface area contributed by atoms with Crippen molar-refractivity contribution < 1.29 is 0 Å². The summed E-state index contributed by atoms with van der Waals surface area (Å²) >= 11 is 0. The summed E-state index contributed by atoms with van der Waals surface area (Å²) in [6, 6.07) is 2.31. The first kappa shape index (κ1) is 7.52. The van der Waals surface area contributed by atoms with Crippen LogP contribution in [0, 0.1) is 17.2 Å². The summed E-state index contributed by atoms with van der Waals surface area (Å²) in [6.45, 7) is 1.89. The minimum atomic E-state index is 0.0648. The maximum Gasteiger partial charge on any atom is 0.0672 e. The first-order chi connectivity index (χ1) is 4.84. The number of nitrogens with two attached hydrogens (primary N) is 1. The predicted molar refractivity (Wildman–Crippen MR) is 39.2 cm³/mol. The molecule has 0 aromatic rings. The van der Waals surface area contributed by atoms with E-state index in [-0.39, 0.29) is 12.0 Å². The van der Waals surface area contributed by atoms with Gasteiger partial charge in [0.1, 0.15) is 0 Å². The molecule has 1 aliphatic heterocycles. The molecule has 0 aromatic heterocycles. The van der Waals surface area contributed by atoms with Gasteiger partial charge < -0.3 is 11.1 Å². The molecule has 3 nitrogen and oxygen atoms in total. The molecule has 0 unspecified atom stereocenters. The van der Waals surface area contributed by atoms with Crippen LogP contribution in [0.2, 0.25) is 0 Å². The van der Waals surface area contributed by atoms with Crippen LogP contribution in [0.4, 0.5) is 0 Å². The molecule has 3 heteroatoms. The van der Waals surface area contributed by atoms with Gasteiger partial charge in [-0.25, -0.2) is 0 Å². The molecule has 1 aliphatic rings. The van der Waals surface area contributed by atoms with E-state index in [1.165, 1.54) is 0 Å². The van der Waals surface area contributed by atoms with E-state index in [2.05, 4.69) is 11.4 Å². The van der Waals surface area contributed by atoms with Gasteiger partial charge in [-0.15, -0.1) is 0 Å². The molecule has 2 atom stereocenters. The van der Waals surface area contributed by atoms with E-state index in [1.54, 1.807) is 0 Å². The van der Waals surface area contributed by atoms with E-state index in [1.807, 2.05) is 0 Å². The first-order valence-electron chi connectivity index (χ1n) is 3.70. The molecule has 0 saturated carbocycles. The van der Waals surface area contributed by atoms with Crippen LogP contribution in [0.5, 0.6) is 0 Å². The topological polar surface area (TPSA) is 61.8 Å². The minimum Gasteiger partial charge on any atom is -0.326 e. The summed E-state index contributed by atoms with van der Waals surface area (Å²) in [5.41, 5.74) is 5.73. The summed E-state index contributed by atoms with van der Waals surface area (Å²) in [5.74, 6) is 0.0648. The Balaban J connectivity index is 2.45. The molecule has 10 heavy (non-hydrogen) atoms. The van der Waals surface area contributed by atoms with Crippen LogP contribution in [0.1, 0.15) is 12.8 Å². The Bertz CT molecular complexity index is 138. The second-order valence-corrected chi connectivity index (χ2v) is 2.73. The van der Waals surface area contributed by atoms with Gasteiger partial charge in [-0.2, -0.15) is 5.26 Å².